The summed E-state index contributed by atoms with van der Waals surface area (Å²) in [5, 5.41) is 12.4. The Morgan fingerprint density at radius 2 is 1.82 bits per heavy atom. The Kier molecular flexibility index (Phi) is 6.24. The van der Waals surface area contributed by atoms with Gasteiger partial charge in [-0.3, -0.25) is 4.98 Å². The molecule has 0 saturated heterocycles. The minimum atomic E-state index is -3.48. The van der Waals surface area contributed by atoms with Gasteiger partial charge in [0.2, 0.25) is 0 Å². The fourth-order valence-electron chi connectivity index (χ4n) is 3.04. The van der Waals surface area contributed by atoms with E-state index in [0.29, 0.717) is 5.56 Å². The summed E-state index contributed by atoms with van der Waals surface area (Å²) in [7, 11) is -1.72. The molecule has 3 rings (SSSR count). The average Bonchev–Trinajstić information content (AvgIpc) is 2.70. The molecule has 1 unspecified atom stereocenters. The minimum Gasteiger partial charge on any atom is -0.394 e. The van der Waals surface area contributed by atoms with Crippen molar-refractivity contribution in [3.8, 4) is 11.3 Å². The Hall–Kier alpha value is -2.54. The second-order valence-electron chi connectivity index (χ2n) is 6.77. The molecule has 1 aromatic heterocycles. The van der Waals surface area contributed by atoms with Crippen LogP contribution in [0.15, 0.2) is 71.8 Å². The van der Waals surface area contributed by atoms with Gasteiger partial charge in [0, 0.05) is 11.8 Å². The van der Waals surface area contributed by atoms with Gasteiger partial charge in [-0.15, -0.1) is 0 Å². The minimum absolute atomic E-state index is 0.0544. The predicted molar refractivity (Wildman–Crippen MR) is 111 cm³/mol. The van der Waals surface area contributed by atoms with Gasteiger partial charge in [-0.25, -0.2) is 8.42 Å². The standard InChI is InChI=1S/C22H24N2O3S/c1-16-6-11-21(24-13-16)18-7-9-20(10-8-18)28(26,27)15-17-4-3-5-19(12-17)22(14-25)23-2/h3-13,22-23,25H,14-15H2,1-2H3. The zero-order valence-electron chi connectivity index (χ0n) is 16.0. The summed E-state index contributed by atoms with van der Waals surface area (Å²) in [6.07, 6.45) is 1.79. The lowest BCUT2D eigenvalue weighted by atomic mass is 10.1. The van der Waals surface area contributed by atoms with Gasteiger partial charge in [-0.2, -0.15) is 0 Å². The molecular weight excluding hydrogens is 372 g/mol. The third-order valence-electron chi connectivity index (χ3n) is 4.66. The van der Waals surface area contributed by atoms with Crippen LogP contribution in [0.1, 0.15) is 22.7 Å². The number of nitrogens with zero attached hydrogens (tertiary/aromatic N) is 1. The Bertz CT molecular complexity index is 1030. The fourth-order valence-corrected chi connectivity index (χ4v) is 4.37. The highest BCUT2D eigenvalue weighted by molar-refractivity contribution is 7.90. The van der Waals surface area contributed by atoms with E-state index in [1.54, 1.807) is 43.6 Å². The van der Waals surface area contributed by atoms with Gasteiger partial charge in [0.05, 0.1) is 29.0 Å². The maximum atomic E-state index is 12.8. The molecule has 1 atom stereocenters. The van der Waals surface area contributed by atoms with E-state index in [4.69, 9.17) is 0 Å². The van der Waals surface area contributed by atoms with E-state index in [-0.39, 0.29) is 23.3 Å². The van der Waals surface area contributed by atoms with Crippen molar-refractivity contribution in [3.05, 3.63) is 83.6 Å². The number of hydrogen-bond donors (Lipinski definition) is 2. The first-order chi connectivity index (χ1) is 13.4. The van der Waals surface area contributed by atoms with Gasteiger partial charge in [0.1, 0.15) is 0 Å². The van der Waals surface area contributed by atoms with Crippen molar-refractivity contribution in [2.45, 2.75) is 23.6 Å². The number of pyridine rings is 1. The molecule has 0 aliphatic carbocycles. The van der Waals surface area contributed by atoms with Crippen molar-refractivity contribution < 1.29 is 13.5 Å². The summed E-state index contributed by atoms with van der Waals surface area (Å²) in [5.74, 6) is -0.0924. The first-order valence-corrected chi connectivity index (χ1v) is 10.7. The van der Waals surface area contributed by atoms with Crippen LogP contribution in [0.2, 0.25) is 0 Å². The molecule has 0 aliphatic rings. The number of aryl methyl sites for hydroxylation is 1. The van der Waals surface area contributed by atoms with E-state index < -0.39 is 9.84 Å². The lowest BCUT2D eigenvalue weighted by molar-refractivity contribution is 0.251. The second kappa shape index (κ2) is 8.65. The zero-order valence-corrected chi connectivity index (χ0v) is 16.8. The molecule has 0 saturated carbocycles. The summed E-state index contributed by atoms with van der Waals surface area (Å²) < 4.78 is 25.7. The Morgan fingerprint density at radius 3 is 2.43 bits per heavy atom. The number of aliphatic hydroxyl groups excluding tert-OH is 1. The van der Waals surface area contributed by atoms with Gasteiger partial charge >= 0.3 is 0 Å². The molecule has 28 heavy (non-hydrogen) atoms. The first-order valence-electron chi connectivity index (χ1n) is 9.06. The Labute approximate surface area is 166 Å². The van der Waals surface area contributed by atoms with Crippen molar-refractivity contribution in [3.63, 3.8) is 0 Å². The number of aromatic nitrogens is 1. The summed E-state index contributed by atoms with van der Waals surface area (Å²) in [4.78, 5) is 4.65. The predicted octanol–water partition coefficient (Wildman–Crippen LogP) is 3.28. The normalized spacial score (nSPS) is 12.7. The Balaban J connectivity index is 1.81. The number of sulfone groups is 1. The van der Waals surface area contributed by atoms with Crippen LogP contribution in [-0.4, -0.2) is 32.2 Å². The van der Waals surface area contributed by atoms with Crippen molar-refractivity contribution in [2.24, 2.45) is 0 Å². The number of rotatable bonds is 7. The molecule has 3 aromatic rings. The molecule has 0 fully saturated rings. The van der Waals surface area contributed by atoms with E-state index in [2.05, 4.69) is 10.3 Å². The van der Waals surface area contributed by atoms with Crippen molar-refractivity contribution in [2.75, 3.05) is 13.7 Å². The Morgan fingerprint density at radius 1 is 1.07 bits per heavy atom. The highest BCUT2D eigenvalue weighted by Gasteiger charge is 2.17. The molecule has 0 radical (unpaired) electrons. The van der Waals surface area contributed by atoms with Crippen LogP contribution in [0.4, 0.5) is 0 Å². The molecule has 146 valence electrons. The molecular formula is C22H24N2O3S. The van der Waals surface area contributed by atoms with Gasteiger partial charge < -0.3 is 10.4 Å². The lowest BCUT2D eigenvalue weighted by Gasteiger charge is -2.14. The van der Waals surface area contributed by atoms with Crippen molar-refractivity contribution in [1.82, 2.24) is 10.3 Å². The number of aliphatic hydroxyl groups is 1. The third-order valence-corrected chi connectivity index (χ3v) is 6.37. The van der Waals surface area contributed by atoms with Gasteiger partial charge in [0.25, 0.3) is 0 Å². The van der Waals surface area contributed by atoms with Crippen LogP contribution in [0, 0.1) is 6.92 Å². The zero-order chi connectivity index (χ0) is 20.1. The van der Waals surface area contributed by atoms with Crippen LogP contribution in [0.25, 0.3) is 11.3 Å². The highest BCUT2D eigenvalue weighted by Crippen LogP contribution is 2.23. The largest absolute Gasteiger partial charge is 0.394 e. The molecule has 0 spiro atoms. The van der Waals surface area contributed by atoms with E-state index in [0.717, 1.165) is 22.4 Å². The fraction of sp³-hybridized carbons (Fsp3) is 0.227. The maximum absolute atomic E-state index is 12.8. The molecule has 5 nitrogen and oxygen atoms in total. The monoisotopic (exact) mass is 396 g/mol. The van der Waals surface area contributed by atoms with Gasteiger partial charge in [-0.05, 0) is 48.9 Å². The lowest BCUT2D eigenvalue weighted by Crippen LogP contribution is -2.20. The van der Waals surface area contributed by atoms with Crippen LogP contribution in [0.3, 0.4) is 0 Å². The molecule has 6 heteroatoms. The maximum Gasteiger partial charge on any atom is 0.182 e. The highest BCUT2D eigenvalue weighted by atomic mass is 32.2. The van der Waals surface area contributed by atoms with Crippen LogP contribution in [0.5, 0.6) is 0 Å². The van der Waals surface area contributed by atoms with E-state index in [1.807, 2.05) is 37.3 Å². The number of nitrogens with one attached hydrogen (secondary N) is 1. The molecule has 2 N–H and O–H groups in total. The summed E-state index contributed by atoms with van der Waals surface area (Å²) in [6.45, 7) is 1.92. The van der Waals surface area contributed by atoms with E-state index in [9.17, 15) is 13.5 Å². The third kappa shape index (κ3) is 4.65. The average molecular weight is 397 g/mol. The van der Waals surface area contributed by atoms with Gasteiger partial charge in [0.15, 0.2) is 9.84 Å². The van der Waals surface area contributed by atoms with Crippen molar-refractivity contribution >= 4 is 9.84 Å². The number of benzene rings is 2. The van der Waals surface area contributed by atoms with Crippen molar-refractivity contribution in [1.29, 1.82) is 0 Å². The quantitative estimate of drug-likeness (QED) is 0.641. The summed E-state index contributed by atoms with van der Waals surface area (Å²) in [6, 6.07) is 17.8. The molecule has 0 bridgehead atoms. The summed E-state index contributed by atoms with van der Waals surface area (Å²) in [5.41, 5.74) is 4.31. The number of hydrogen-bond acceptors (Lipinski definition) is 5. The topological polar surface area (TPSA) is 79.3 Å². The van der Waals surface area contributed by atoms with E-state index >= 15 is 0 Å². The smallest absolute Gasteiger partial charge is 0.182 e. The van der Waals surface area contributed by atoms with Crippen LogP contribution >= 0.6 is 0 Å². The summed E-state index contributed by atoms with van der Waals surface area (Å²) >= 11 is 0. The molecule has 0 amide bonds. The van der Waals surface area contributed by atoms with E-state index in [1.165, 1.54) is 0 Å². The molecule has 0 aliphatic heterocycles. The van der Waals surface area contributed by atoms with Crippen LogP contribution in [-0.2, 0) is 15.6 Å². The SMILES string of the molecule is CNC(CO)c1cccc(CS(=O)(=O)c2ccc(-c3ccc(C)cn3)cc2)c1. The van der Waals surface area contributed by atoms with Crippen LogP contribution < -0.4 is 5.32 Å². The first kappa shape index (κ1) is 20.2. The van der Waals surface area contributed by atoms with Gasteiger partial charge in [-0.1, -0.05) is 42.5 Å². The molecule has 2 aromatic carbocycles. The second-order valence-corrected chi connectivity index (χ2v) is 8.76. The molecule has 1 heterocycles. The number of likely N-dealkylation sites (N-methyl/N-ethyl adjacent to an activating group) is 1.